The van der Waals surface area contributed by atoms with Crippen LogP contribution >= 0.6 is 11.8 Å². The van der Waals surface area contributed by atoms with Crippen LogP contribution < -0.4 is 10.1 Å². The molecule has 0 aliphatic carbocycles. The number of benzene rings is 2. The van der Waals surface area contributed by atoms with Gasteiger partial charge in [-0.25, -0.2) is 0 Å². The van der Waals surface area contributed by atoms with E-state index in [1.54, 1.807) is 31.3 Å². The highest BCUT2D eigenvalue weighted by atomic mass is 32.2. The number of methoxy groups -OCH3 is 1. The zero-order valence-electron chi connectivity index (χ0n) is 18.3. The first-order valence-corrected chi connectivity index (χ1v) is 11.7. The van der Waals surface area contributed by atoms with Gasteiger partial charge in [-0.3, -0.25) is 14.3 Å². The Hall–Kier alpha value is -3.65. The highest BCUT2D eigenvalue weighted by molar-refractivity contribution is 7.99. The van der Waals surface area contributed by atoms with Crippen LogP contribution in [-0.4, -0.2) is 38.5 Å². The molecule has 7 nitrogen and oxygen atoms in total. The molecule has 2 aromatic heterocycles. The number of rotatable bonds is 10. The molecule has 2 heterocycles. The van der Waals surface area contributed by atoms with E-state index in [1.165, 1.54) is 0 Å². The Labute approximate surface area is 197 Å². The van der Waals surface area contributed by atoms with Crippen LogP contribution in [-0.2, 0) is 11.3 Å². The Morgan fingerprint density at radius 1 is 1.06 bits per heavy atom. The zero-order valence-corrected chi connectivity index (χ0v) is 19.2. The van der Waals surface area contributed by atoms with Crippen LogP contribution in [0, 0.1) is 0 Å². The van der Waals surface area contributed by atoms with Crippen LogP contribution in [0.5, 0.6) is 5.75 Å². The van der Waals surface area contributed by atoms with Crippen LogP contribution in [0.2, 0.25) is 0 Å². The first-order chi connectivity index (χ1) is 16.2. The van der Waals surface area contributed by atoms with Crippen molar-refractivity contribution in [2.45, 2.75) is 24.5 Å². The number of amides is 1. The van der Waals surface area contributed by atoms with Crippen molar-refractivity contribution in [2.75, 3.05) is 12.9 Å². The Morgan fingerprint density at radius 3 is 2.73 bits per heavy atom. The molecule has 0 atom stereocenters. The van der Waals surface area contributed by atoms with Crippen LogP contribution in [0.3, 0.4) is 0 Å². The molecule has 168 valence electrons. The summed E-state index contributed by atoms with van der Waals surface area (Å²) in [6, 6.07) is 21.6. The normalized spacial score (nSPS) is 10.7. The standard InChI is InChI=1S/C25H25N5O2S/c1-32-22-12-5-9-20(16-22)24-28-29-25(30(24)21-10-3-2-4-11-21)33-15-7-13-23(31)27-18-19-8-6-14-26-17-19/h2-6,8-12,14,16-17H,7,13,15,18H2,1H3,(H,27,31). The number of carbonyl (C=O) groups is 1. The molecular weight excluding hydrogens is 434 g/mol. The number of hydrogen-bond acceptors (Lipinski definition) is 6. The third kappa shape index (κ3) is 5.98. The number of hydrogen-bond donors (Lipinski definition) is 1. The quantitative estimate of drug-likeness (QED) is 0.277. The molecule has 0 fully saturated rings. The van der Waals surface area contributed by atoms with Gasteiger partial charge in [-0.1, -0.05) is 48.2 Å². The highest BCUT2D eigenvalue weighted by Gasteiger charge is 2.16. The number of carbonyl (C=O) groups excluding carboxylic acids is 1. The second kappa shape index (κ2) is 11.3. The zero-order chi connectivity index (χ0) is 22.9. The topological polar surface area (TPSA) is 81.9 Å². The minimum atomic E-state index is 0.0287. The van der Waals surface area contributed by atoms with Gasteiger partial charge in [0.2, 0.25) is 5.91 Å². The maximum atomic E-state index is 12.2. The summed E-state index contributed by atoms with van der Waals surface area (Å²) in [7, 11) is 1.65. The van der Waals surface area contributed by atoms with E-state index in [4.69, 9.17) is 4.74 Å². The fraction of sp³-hybridized carbons (Fsp3) is 0.200. The van der Waals surface area contributed by atoms with Crippen LogP contribution in [0.25, 0.3) is 17.1 Å². The largest absolute Gasteiger partial charge is 0.497 e. The molecule has 0 radical (unpaired) electrons. The van der Waals surface area contributed by atoms with E-state index in [9.17, 15) is 4.79 Å². The lowest BCUT2D eigenvalue weighted by Gasteiger charge is -2.11. The van der Waals surface area contributed by atoms with Crippen molar-refractivity contribution < 1.29 is 9.53 Å². The van der Waals surface area contributed by atoms with Gasteiger partial charge < -0.3 is 10.1 Å². The molecule has 2 aromatic carbocycles. The molecule has 0 saturated heterocycles. The van der Waals surface area contributed by atoms with Gasteiger partial charge in [0.05, 0.1) is 7.11 Å². The molecule has 0 aliphatic heterocycles. The molecule has 8 heteroatoms. The maximum Gasteiger partial charge on any atom is 0.220 e. The van der Waals surface area contributed by atoms with E-state index < -0.39 is 0 Å². The Bertz CT molecular complexity index is 1180. The van der Waals surface area contributed by atoms with Crippen molar-refractivity contribution in [2.24, 2.45) is 0 Å². The molecule has 4 rings (SSSR count). The molecule has 0 aliphatic rings. The molecule has 1 N–H and O–H groups in total. The lowest BCUT2D eigenvalue weighted by Crippen LogP contribution is -2.22. The fourth-order valence-electron chi connectivity index (χ4n) is 3.31. The van der Waals surface area contributed by atoms with Gasteiger partial charge in [-0.2, -0.15) is 0 Å². The monoisotopic (exact) mass is 459 g/mol. The van der Waals surface area contributed by atoms with Crippen LogP contribution in [0.1, 0.15) is 18.4 Å². The highest BCUT2D eigenvalue weighted by Crippen LogP contribution is 2.30. The van der Waals surface area contributed by atoms with Crippen molar-refractivity contribution in [1.29, 1.82) is 0 Å². The Kier molecular flexibility index (Phi) is 7.71. The lowest BCUT2D eigenvalue weighted by molar-refractivity contribution is -0.121. The summed E-state index contributed by atoms with van der Waals surface area (Å²) in [5.41, 5.74) is 2.89. The van der Waals surface area contributed by atoms with Gasteiger partial charge in [0, 0.05) is 42.4 Å². The van der Waals surface area contributed by atoms with E-state index in [1.807, 2.05) is 71.3 Å². The number of thioether (sulfide) groups is 1. The molecule has 0 unspecified atom stereocenters. The van der Waals surface area contributed by atoms with Gasteiger partial charge in [-0.05, 0) is 42.3 Å². The minimum Gasteiger partial charge on any atom is -0.497 e. The number of para-hydroxylation sites is 1. The maximum absolute atomic E-state index is 12.2. The number of aromatic nitrogens is 4. The first-order valence-electron chi connectivity index (χ1n) is 10.7. The summed E-state index contributed by atoms with van der Waals surface area (Å²) < 4.78 is 7.42. The summed E-state index contributed by atoms with van der Waals surface area (Å²) in [4.78, 5) is 16.2. The Balaban J connectivity index is 1.41. The number of nitrogens with one attached hydrogen (secondary N) is 1. The van der Waals surface area contributed by atoms with E-state index in [0.29, 0.717) is 13.0 Å². The van der Waals surface area contributed by atoms with Crippen molar-refractivity contribution in [1.82, 2.24) is 25.1 Å². The van der Waals surface area contributed by atoms with E-state index in [2.05, 4.69) is 20.5 Å². The lowest BCUT2D eigenvalue weighted by atomic mass is 10.2. The molecule has 1 amide bonds. The van der Waals surface area contributed by atoms with Gasteiger partial charge >= 0.3 is 0 Å². The predicted molar refractivity (Wildman–Crippen MR) is 129 cm³/mol. The molecule has 33 heavy (non-hydrogen) atoms. The van der Waals surface area contributed by atoms with Crippen molar-refractivity contribution >= 4 is 17.7 Å². The second-order valence-electron chi connectivity index (χ2n) is 7.30. The Morgan fingerprint density at radius 2 is 1.94 bits per heavy atom. The van der Waals surface area contributed by atoms with Gasteiger partial charge in [0.15, 0.2) is 11.0 Å². The van der Waals surface area contributed by atoms with Crippen molar-refractivity contribution in [3.05, 3.63) is 84.7 Å². The van der Waals surface area contributed by atoms with Crippen LogP contribution in [0.4, 0.5) is 0 Å². The average Bonchev–Trinajstić information content (AvgIpc) is 3.30. The van der Waals surface area contributed by atoms with Crippen molar-refractivity contribution in [3.63, 3.8) is 0 Å². The summed E-state index contributed by atoms with van der Waals surface area (Å²) in [6.07, 6.45) is 4.66. The smallest absolute Gasteiger partial charge is 0.220 e. The van der Waals surface area contributed by atoms with Crippen molar-refractivity contribution in [3.8, 4) is 22.8 Å². The third-order valence-electron chi connectivity index (χ3n) is 4.97. The summed E-state index contributed by atoms with van der Waals surface area (Å²) in [5, 5.41) is 12.6. The summed E-state index contributed by atoms with van der Waals surface area (Å²) in [5.74, 6) is 2.29. The van der Waals surface area contributed by atoms with Crippen LogP contribution in [0.15, 0.2) is 84.3 Å². The average molecular weight is 460 g/mol. The molecule has 0 bridgehead atoms. The van der Waals surface area contributed by atoms with E-state index >= 15 is 0 Å². The molecule has 0 saturated carbocycles. The van der Waals surface area contributed by atoms with E-state index in [0.717, 1.165) is 45.7 Å². The SMILES string of the molecule is COc1cccc(-c2nnc(SCCCC(=O)NCc3cccnc3)n2-c2ccccc2)c1. The number of pyridine rings is 1. The predicted octanol–water partition coefficient (Wildman–Crippen LogP) is 4.53. The van der Waals surface area contributed by atoms with Gasteiger partial charge in [0.25, 0.3) is 0 Å². The molecule has 0 spiro atoms. The summed E-state index contributed by atoms with van der Waals surface area (Å²) in [6.45, 7) is 0.492. The number of nitrogens with zero attached hydrogens (tertiary/aromatic N) is 4. The minimum absolute atomic E-state index is 0.0287. The molecule has 4 aromatic rings. The third-order valence-corrected chi connectivity index (χ3v) is 5.98. The second-order valence-corrected chi connectivity index (χ2v) is 8.36. The number of ether oxygens (including phenoxy) is 1. The van der Waals surface area contributed by atoms with Gasteiger partial charge in [0.1, 0.15) is 5.75 Å². The fourth-order valence-corrected chi connectivity index (χ4v) is 4.20. The van der Waals surface area contributed by atoms with Gasteiger partial charge in [-0.15, -0.1) is 10.2 Å². The first kappa shape index (κ1) is 22.5. The molecular formula is C25H25N5O2S. The summed E-state index contributed by atoms with van der Waals surface area (Å²) >= 11 is 1.59. The van der Waals surface area contributed by atoms with E-state index in [-0.39, 0.29) is 5.91 Å².